The van der Waals surface area contributed by atoms with Crippen LogP contribution in [0.4, 0.5) is 5.00 Å². The Hall–Kier alpha value is -4.41. The van der Waals surface area contributed by atoms with Crippen LogP contribution in [0, 0.1) is 16.7 Å². The van der Waals surface area contributed by atoms with Crippen LogP contribution in [0.2, 0.25) is 0 Å². The zero-order valence-electron chi connectivity index (χ0n) is 26.0. The van der Waals surface area contributed by atoms with E-state index in [4.69, 9.17) is 24.0 Å². The summed E-state index contributed by atoms with van der Waals surface area (Å²) in [5.74, 6) is 2.12. The molecule has 3 aliphatic carbocycles. The highest BCUT2D eigenvalue weighted by Gasteiger charge is 2.49. The molecule has 0 bridgehead atoms. The SMILES string of the molecule is CN(C)C=Nc1sc2c(c1C#N)[C@@]1(CCC2)CCCc2c(-c3nc(OCC4(CO)CCCC4)cc(Oc4cncnc4)n3)noc21. The van der Waals surface area contributed by atoms with Gasteiger partial charge in [-0.2, -0.15) is 15.2 Å². The van der Waals surface area contributed by atoms with E-state index < -0.39 is 5.41 Å². The molecule has 1 spiro atoms. The predicted octanol–water partition coefficient (Wildman–Crippen LogP) is 5.76. The van der Waals surface area contributed by atoms with Crippen LogP contribution in [0.5, 0.6) is 17.5 Å². The number of hydrogen-bond acceptors (Lipinski definition) is 12. The van der Waals surface area contributed by atoms with Gasteiger partial charge < -0.3 is 24.0 Å². The third-order valence-corrected chi connectivity index (χ3v) is 10.6. The van der Waals surface area contributed by atoms with Crippen LogP contribution in [0.3, 0.4) is 0 Å². The van der Waals surface area contributed by atoms with E-state index in [9.17, 15) is 10.4 Å². The first-order valence-electron chi connectivity index (χ1n) is 15.8. The third-order valence-electron chi connectivity index (χ3n) is 9.40. The Kier molecular flexibility index (Phi) is 8.16. The highest BCUT2D eigenvalue weighted by atomic mass is 32.1. The van der Waals surface area contributed by atoms with Crippen molar-refractivity contribution >= 4 is 22.7 Å². The molecule has 238 valence electrons. The number of rotatable bonds is 9. The first-order valence-corrected chi connectivity index (χ1v) is 16.6. The van der Waals surface area contributed by atoms with Gasteiger partial charge in [-0.15, -0.1) is 11.3 Å². The number of nitrogens with zero attached hydrogens (tertiary/aromatic N) is 8. The van der Waals surface area contributed by atoms with Gasteiger partial charge in [0.25, 0.3) is 0 Å². The Morgan fingerprint density at radius 1 is 1.09 bits per heavy atom. The highest BCUT2D eigenvalue weighted by molar-refractivity contribution is 7.16. The summed E-state index contributed by atoms with van der Waals surface area (Å²) in [5, 5.41) is 25.8. The number of aryl methyl sites for hydroxylation is 1. The second kappa shape index (κ2) is 12.4. The number of aliphatic hydroxyl groups excluding tert-OH is 1. The molecule has 0 aromatic carbocycles. The van der Waals surface area contributed by atoms with Crippen molar-refractivity contribution in [1.29, 1.82) is 5.26 Å². The molecule has 46 heavy (non-hydrogen) atoms. The van der Waals surface area contributed by atoms with Crippen molar-refractivity contribution in [1.82, 2.24) is 30.0 Å². The quantitative estimate of drug-likeness (QED) is 0.175. The van der Waals surface area contributed by atoms with Gasteiger partial charge in [0.05, 0.1) is 49.0 Å². The fourth-order valence-electron chi connectivity index (χ4n) is 7.23. The van der Waals surface area contributed by atoms with Gasteiger partial charge in [-0.25, -0.2) is 15.0 Å². The Morgan fingerprint density at radius 3 is 2.59 bits per heavy atom. The fraction of sp³-hybridized carbons (Fsp3) is 0.485. The minimum Gasteiger partial charge on any atom is -0.477 e. The lowest BCUT2D eigenvalue weighted by Gasteiger charge is -2.39. The second-order valence-electron chi connectivity index (χ2n) is 12.7. The molecule has 1 fully saturated rings. The lowest BCUT2D eigenvalue weighted by Crippen LogP contribution is -2.35. The average molecular weight is 641 g/mol. The molecule has 4 aromatic rings. The molecule has 4 heterocycles. The number of hydrogen-bond donors (Lipinski definition) is 1. The first-order chi connectivity index (χ1) is 22.4. The van der Waals surface area contributed by atoms with Gasteiger partial charge in [0.1, 0.15) is 17.4 Å². The molecular formula is C33H36N8O4S. The smallest absolute Gasteiger partial charge is 0.226 e. The third kappa shape index (κ3) is 5.49. The minimum atomic E-state index is -0.468. The maximum atomic E-state index is 10.4. The number of nitriles is 1. The summed E-state index contributed by atoms with van der Waals surface area (Å²) in [6.07, 6.45) is 15.5. The Bertz CT molecular complexity index is 1790. The van der Waals surface area contributed by atoms with Crippen molar-refractivity contribution in [3.8, 4) is 35.1 Å². The van der Waals surface area contributed by atoms with Crippen LogP contribution in [0.1, 0.15) is 78.7 Å². The van der Waals surface area contributed by atoms with Crippen LogP contribution in [0.25, 0.3) is 11.5 Å². The number of aliphatic hydroxyl groups is 1. The van der Waals surface area contributed by atoms with Gasteiger partial charge in [-0.1, -0.05) is 18.0 Å². The monoisotopic (exact) mass is 640 g/mol. The maximum absolute atomic E-state index is 10.4. The molecule has 0 aliphatic heterocycles. The largest absolute Gasteiger partial charge is 0.477 e. The summed E-state index contributed by atoms with van der Waals surface area (Å²) in [4.78, 5) is 25.3. The first kappa shape index (κ1) is 30.3. The Morgan fingerprint density at radius 2 is 1.85 bits per heavy atom. The number of aromatic nitrogens is 5. The molecule has 0 radical (unpaired) electrons. The molecular weight excluding hydrogens is 604 g/mol. The van der Waals surface area contributed by atoms with Crippen molar-refractivity contribution < 1.29 is 19.1 Å². The van der Waals surface area contributed by atoms with Crippen LogP contribution >= 0.6 is 11.3 Å². The van der Waals surface area contributed by atoms with Crippen LogP contribution in [0.15, 0.2) is 34.3 Å². The number of ether oxygens (including phenoxy) is 2. The summed E-state index contributed by atoms with van der Waals surface area (Å²) in [6, 6.07) is 4.12. The summed E-state index contributed by atoms with van der Waals surface area (Å²) >= 11 is 1.60. The molecule has 7 rings (SSSR count). The van der Waals surface area contributed by atoms with Crippen molar-refractivity contribution in [2.75, 3.05) is 27.3 Å². The van der Waals surface area contributed by atoms with Crippen molar-refractivity contribution in [3.63, 3.8) is 0 Å². The van der Waals surface area contributed by atoms with Crippen LogP contribution < -0.4 is 9.47 Å². The van der Waals surface area contributed by atoms with E-state index in [1.54, 1.807) is 36.1 Å². The summed E-state index contributed by atoms with van der Waals surface area (Å²) in [7, 11) is 3.83. The zero-order chi connectivity index (χ0) is 31.7. The standard InChI is InChI=1S/C33H36N8O4S/c1-41(2)20-37-31-23(14-34)27-24(46-31)8-6-12-33(27)11-5-7-22-28(40-45-29(22)33)30-38-25(43-18-32(17-42)9-3-4-10-32)13-26(39-30)44-21-15-35-19-36-16-21/h13,15-16,19-20,42H,3-12,17-18H2,1-2H3/t33-/m0/s1. The van der Waals surface area contributed by atoms with E-state index in [1.807, 2.05) is 19.0 Å². The molecule has 12 nitrogen and oxygen atoms in total. The van der Waals surface area contributed by atoms with Gasteiger partial charge in [0, 0.05) is 30.0 Å². The normalized spacial score (nSPS) is 20.0. The summed E-state index contributed by atoms with van der Waals surface area (Å²) < 4.78 is 18.5. The van der Waals surface area contributed by atoms with E-state index in [0.29, 0.717) is 35.3 Å². The lowest BCUT2D eigenvalue weighted by molar-refractivity contribution is 0.0696. The molecule has 1 atom stereocenters. The molecule has 3 aliphatic rings. The minimum absolute atomic E-state index is 0.0615. The van der Waals surface area contributed by atoms with E-state index >= 15 is 0 Å². The molecule has 0 amide bonds. The van der Waals surface area contributed by atoms with Crippen molar-refractivity contribution in [3.05, 3.63) is 52.1 Å². The van der Waals surface area contributed by atoms with Gasteiger partial charge in [-0.05, 0) is 56.9 Å². The number of aliphatic imine (C=N–C) groups is 1. The fourth-order valence-corrected chi connectivity index (χ4v) is 8.46. The molecule has 1 saturated carbocycles. The topological polar surface area (TPSA) is 156 Å². The Balaban J connectivity index is 1.29. The van der Waals surface area contributed by atoms with E-state index in [1.165, 1.54) is 11.2 Å². The molecule has 4 aromatic heterocycles. The zero-order valence-corrected chi connectivity index (χ0v) is 26.8. The second-order valence-corrected chi connectivity index (χ2v) is 13.8. The Labute approximate surface area is 271 Å². The van der Waals surface area contributed by atoms with Crippen molar-refractivity contribution in [2.45, 2.75) is 69.6 Å². The summed E-state index contributed by atoms with van der Waals surface area (Å²) in [6.45, 7) is 0.399. The highest BCUT2D eigenvalue weighted by Crippen LogP contribution is 2.56. The molecule has 0 saturated heterocycles. The van der Waals surface area contributed by atoms with Crippen molar-refractivity contribution in [2.24, 2.45) is 10.4 Å². The van der Waals surface area contributed by atoms with Crippen LogP contribution in [-0.4, -0.2) is 68.7 Å². The van der Waals surface area contributed by atoms with E-state index in [-0.39, 0.29) is 17.9 Å². The van der Waals surface area contributed by atoms with E-state index in [0.717, 1.165) is 86.1 Å². The average Bonchev–Trinajstić information content (AvgIpc) is 3.82. The van der Waals surface area contributed by atoms with E-state index in [2.05, 4.69) is 26.2 Å². The maximum Gasteiger partial charge on any atom is 0.226 e. The number of thiophene rings is 1. The van der Waals surface area contributed by atoms with Gasteiger partial charge in [0.15, 0.2) is 23.0 Å². The number of fused-ring (bicyclic) bond motifs is 4. The lowest BCUT2D eigenvalue weighted by atomic mass is 9.63. The van der Waals surface area contributed by atoms with Gasteiger partial charge in [0.2, 0.25) is 11.8 Å². The molecule has 1 N–H and O–H groups in total. The van der Waals surface area contributed by atoms with Gasteiger partial charge >= 0.3 is 0 Å². The van der Waals surface area contributed by atoms with Gasteiger partial charge in [-0.3, -0.25) is 0 Å². The van der Waals surface area contributed by atoms with Crippen LogP contribution in [-0.2, 0) is 18.3 Å². The molecule has 13 heteroatoms. The molecule has 0 unspecified atom stereocenters. The summed E-state index contributed by atoms with van der Waals surface area (Å²) in [5.41, 5.74) is 2.40. The predicted molar refractivity (Wildman–Crippen MR) is 171 cm³/mol.